The van der Waals surface area contributed by atoms with Gasteiger partial charge in [0.1, 0.15) is 0 Å². The zero-order chi connectivity index (χ0) is 18.8. The first-order chi connectivity index (χ1) is 12.6. The second-order valence-corrected chi connectivity index (χ2v) is 9.48. The Bertz CT molecular complexity index is 605. The third-order valence-electron chi connectivity index (χ3n) is 4.50. The van der Waals surface area contributed by atoms with Crippen LogP contribution in [0.1, 0.15) is 50.7 Å². The van der Waals surface area contributed by atoms with E-state index < -0.39 is 18.3 Å². The van der Waals surface area contributed by atoms with Crippen LogP contribution in [0, 0.1) is 0 Å². The van der Waals surface area contributed by atoms with Gasteiger partial charge >= 0.3 is 163 Å². The van der Waals surface area contributed by atoms with Gasteiger partial charge in [0.15, 0.2) is 0 Å². The number of hydrogen-bond acceptors (Lipinski definition) is 3. The summed E-state index contributed by atoms with van der Waals surface area (Å²) < 4.78 is 1.28. The molecule has 0 aliphatic rings. The zero-order valence-electron chi connectivity index (χ0n) is 15.4. The van der Waals surface area contributed by atoms with Gasteiger partial charge in [-0.1, -0.05) is 0 Å². The maximum atomic E-state index is 10.7. The monoisotopic (exact) mass is 422 g/mol. The van der Waals surface area contributed by atoms with Crippen LogP contribution in [0.5, 0.6) is 0 Å². The number of unbranched alkanes of at least 4 members (excludes halogenated alkanes) is 1. The zero-order valence-corrected chi connectivity index (χ0v) is 17.1. The van der Waals surface area contributed by atoms with Crippen LogP contribution in [0.15, 0.2) is 60.7 Å². The molecule has 4 heteroatoms. The molecule has 3 N–H and O–H groups in total. The van der Waals surface area contributed by atoms with E-state index in [-0.39, 0.29) is 26.2 Å². The van der Waals surface area contributed by atoms with Crippen molar-refractivity contribution < 1.29 is 15.3 Å². The van der Waals surface area contributed by atoms with Gasteiger partial charge in [-0.2, -0.15) is 0 Å². The average Bonchev–Trinajstić information content (AvgIpc) is 2.66. The molecule has 0 saturated heterocycles. The Morgan fingerprint density at radius 1 is 0.846 bits per heavy atom. The number of rotatable bonds is 11. The van der Waals surface area contributed by atoms with Crippen molar-refractivity contribution >= 4 is 19.4 Å². The van der Waals surface area contributed by atoms with Gasteiger partial charge in [-0.3, -0.25) is 0 Å². The molecule has 2 aromatic carbocycles. The molecular weight excluding hydrogens is 391 g/mol. The SMILES string of the molecule is CCCC[C@H]([Se]c1ccccc1)[C@@H](O)C[C@H](O)C[C@H](O)c1ccccc1. The van der Waals surface area contributed by atoms with Crippen molar-refractivity contribution in [1.82, 2.24) is 0 Å². The first-order valence-corrected chi connectivity index (χ1v) is 11.3. The molecule has 0 unspecified atom stereocenters. The Balaban J connectivity index is 1.91. The predicted octanol–water partition coefficient (Wildman–Crippen LogP) is 3.23. The van der Waals surface area contributed by atoms with E-state index in [0.29, 0.717) is 6.42 Å². The van der Waals surface area contributed by atoms with E-state index >= 15 is 0 Å². The topological polar surface area (TPSA) is 60.7 Å². The molecule has 0 aromatic heterocycles. The first-order valence-electron chi connectivity index (χ1n) is 9.41. The molecular formula is C22H30O3Se. The van der Waals surface area contributed by atoms with E-state index in [2.05, 4.69) is 19.1 Å². The van der Waals surface area contributed by atoms with Crippen molar-refractivity contribution in [3.8, 4) is 0 Å². The number of aliphatic hydroxyl groups is 3. The van der Waals surface area contributed by atoms with Gasteiger partial charge in [-0.15, -0.1) is 0 Å². The summed E-state index contributed by atoms with van der Waals surface area (Å²) >= 11 is 0.174. The molecule has 0 radical (unpaired) electrons. The van der Waals surface area contributed by atoms with E-state index in [1.54, 1.807) is 0 Å². The minimum atomic E-state index is -0.712. The van der Waals surface area contributed by atoms with Gasteiger partial charge in [0.05, 0.1) is 0 Å². The third-order valence-corrected chi connectivity index (χ3v) is 7.43. The van der Waals surface area contributed by atoms with Gasteiger partial charge in [0.25, 0.3) is 0 Å². The van der Waals surface area contributed by atoms with Gasteiger partial charge < -0.3 is 0 Å². The van der Waals surface area contributed by atoms with Crippen LogP contribution >= 0.6 is 0 Å². The van der Waals surface area contributed by atoms with Crippen molar-refractivity contribution in [2.24, 2.45) is 0 Å². The molecule has 0 aliphatic carbocycles. The summed E-state index contributed by atoms with van der Waals surface area (Å²) in [5.74, 6) is 0. The summed E-state index contributed by atoms with van der Waals surface area (Å²) in [6.45, 7) is 2.16. The van der Waals surface area contributed by atoms with E-state index in [4.69, 9.17) is 0 Å². The molecule has 4 atom stereocenters. The molecule has 142 valence electrons. The summed E-state index contributed by atoms with van der Waals surface area (Å²) in [4.78, 5) is 0.188. The minimum absolute atomic E-state index is 0.174. The van der Waals surface area contributed by atoms with Gasteiger partial charge in [-0.05, 0) is 0 Å². The van der Waals surface area contributed by atoms with Crippen LogP contribution in [0.25, 0.3) is 0 Å². The van der Waals surface area contributed by atoms with E-state index in [1.165, 1.54) is 4.46 Å². The Kier molecular flexibility index (Phi) is 9.38. The quantitative estimate of drug-likeness (QED) is 0.489. The maximum absolute atomic E-state index is 10.7. The molecule has 2 aromatic rings. The Hall–Kier alpha value is -1.16. The van der Waals surface area contributed by atoms with Crippen LogP contribution in [-0.2, 0) is 0 Å². The summed E-state index contributed by atoms with van der Waals surface area (Å²) in [7, 11) is 0. The number of aliphatic hydroxyl groups excluding tert-OH is 3. The van der Waals surface area contributed by atoms with Crippen molar-refractivity contribution in [2.75, 3.05) is 0 Å². The predicted molar refractivity (Wildman–Crippen MR) is 108 cm³/mol. The molecule has 0 bridgehead atoms. The van der Waals surface area contributed by atoms with Crippen LogP contribution in [0.3, 0.4) is 0 Å². The summed E-state index contributed by atoms with van der Waals surface area (Å²) in [6, 6.07) is 19.7. The van der Waals surface area contributed by atoms with E-state index in [1.807, 2.05) is 48.5 Å². The standard InChI is InChI=1S/C22H30O3Se/c1-2-3-14-22(26-19-12-8-5-9-13-19)21(25)16-18(23)15-20(24)17-10-6-4-7-11-17/h4-13,18,20-25H,2-3,14-16H2,1H3/t18-,20+,21+,22+/m1/s1. The van der Waals surface area contributed by atoms with E-state index in [0.717, 1.165) is 24.8 Å². The normalized spacial score (nSPS) is 16.0. The van der Waals surface area contributed by atoms with E-state index in [9.17, 15) is 15.3 Å². The fraction of sp³-hybridized carbons (Fsp3) is 0.455. The average molecular weight is 421 g/mol. The summed E-state index contributed by atoms with van der Waals surface area (Å²) in [5, 5.41) is 31.4. The van der Waals surface area contributed by atoms with Crippen LogP contribution < -0.4 is 4.46 Å². The second-order valence-electron chi connectivity index (χ2n) is 6.73. The molecule has 3 nitrogen and oxygen atoms in total. The second kappa shape index (κ2) is 11.5. The van der Waals surface area contributed by atoms with Crippen molar-refractivity contribution in [3.63, 3.8) is 0 Å². The van der Waals surface area contributed by atoms with Crippen molar-refractivity contribution in [1.29, 1.82) is 0 Å². The van der Waals surface area contributed by atoms with Gasteiger partial charge in [0.2, 0.25) is 0 Å². The fourth-order valence-electron chi connectivity index (χ4n) is 3.00. The molecule has 0 heterocycles. The van der Waals surface area contributed by atoms with Gasteiger partial charge in [0, 0.05) is 0 Å². The Morgan fingerprint density at radius 3 is 2.08 bits per heavy atom. The summed E-state index contributed by atoms with van der Waals surface area (Å²) in [5.41, 5.74) is 0.803. The van der Waals surface area contributed by atoms with Crippen LogP contribution in [0.4, 0.5) is 0 Å². The van der Waals surface area contributed by atoms with Crippen molar-refractivity contribution in [2.45, 2.75) is 62.2 Å². The number of hydrogen-bond donors (Lipinski definition) is 3. The number of benzene rings is 2. The third kappa shape index (κ3) is 7.22. The van der Waals surface area contributed by atoms with Crippen LogP contribution in [-0.4, -0.2) is 42.5 Å². The molecule has 0 aliphatic heterocycles. The molecule has 26 heavy (non-hydrogen) atoms. The molecule has 0 amide bonds. The first kappa shape index (κ1) is 21.1. The van der Waals surface area contributed by atoms with Crippen molar-refractivity contribution in [3.05, 3.63) is 66.2 Å². The van der Waals surface area contributed by atoms with Crippen LogP contribution in [0.2, 0.25) is 4.82 Å². The Labute approximate surface area is 163 Å². The van der Waals surface area contributed by atoms with Gasteiger partial charge in [-0.25, -0.2) is 0 Å². The molecule has 2 rings (SSSR count). The Morgan fingerprint density at radius 2 is 1.46 bits per heavy atom. The summed E-state index contributed by atoms with van der Waals surface area (Å²) in [6.07, 6.45) is 1.76. The molecule has 0 saturated carbocycles. The molecule has 0 spiro atoms. The molecule has 0 fully saturated rings. The fourth-order valence-corrected chi connectivity index (χ4v) is 5.56.